The van der Waals surface area contributed by atoms with Gasteiger partial charge in [-0.15, -0.1) is 0 Å². The minimum Gasteiger partial charge on any atom is -0.267 e. The smallest absolute Gasteiger partial charge is 0.267 e. The standard InChI is InChI=1S/C12H27N6OP/c19-20(13-16-7-1-2-8-16,14-17-9-3-4-10-17)15-18-11-5-6-12-18/h1-12H2,(H3,13,14,15,19). The van der Waals surface area contributed by atoms with E-state index in [1.165, 1.54) is 38.5 Å². The lowest BCUT2D eigenvalue weighted by atomic mass is 10.4. The molecule has 8 heteroatoms. The van der Waals surface area contributed by atoms with Gasteiger partial charge in [0, 0.05) is 39.3 Å². The molecule has 0 aromatic heterocycles. The molecule has 7 nitrogen and oxygen atoms in total. The molecular formula is C12H27N6OP. The SMILES string of the molecule is O=P(NN1CCCC1)(NN1CCCC1)NN1CCCC1. The second kappa shape index (κ2) is 6.83. The third kappa shape index (κ3) is 4.01. The summed E-state index contributed by atoms with van der Waals surface area (Å²) in [5.74, 6) is 0. The van der Waals surface area contributed by atoms with Crippen LogP contribution >= 0.6 is 7.59 Å². The highest BCUT2D eigenvalue weighted by atomic mass is 31.2. The Kier molecular flexibility index (Phi) is 5.09. The Morgan fingerprint density at radius 2 is 0.800 bits per heavy atom. The molecule has 0 radical (unpaired) electrons. The van der Waals surface area contributed by atoms with Gasteiger partial charge >= 0.3 is 7.59 Å². The molecule has 0 aromatic carbocycles. The zero-order valence-corrected chi connectivity index (χ0v) is 13.1. The van der Waals surface area contributed by atoms with Crippen LogP contribution in [0.5, 0.6) is 0 Å². The van der Waals surface area contributed by atoms with Crippen LogP contribution in [-0.2, 0) is 4.57 Å². The predicted molar refractivity (Wildman–Crippen MR) is 79.4 cm³/mol. The molecule has 3 heterocycles. The van der Waals surface area contributed by atoms with Gasteiger partial charge in [-0.1, -0.05) is 0 Å². The normalized spacial score (nSPS) is 26.8. The van der Waals surface area contributed by atoms with Gasteiger partial charge in [-0.05, 0) is 38.5 Å². The molecule has 3 N–H and O–H groups in total. The summed E-state index contributed by atoms with van der Waals surface area (Å²) in [5, 5.41) is 16.0. The van der Waals surface area contributed by atoms with Crippen LogP contribution in [0.4, 0.5) is 0 Å². The first-order valence-electron chi connectivity index (χ1n) is 7.92. The first-order valence-corrected chi connectivity index (χ1v) is 9.63. The molecule has 3 fully saturated rings. The van der Waals surface area contributed by atoms with Crippen LogP contribution in [0, 0.1) is 0 Å². The number of nitrogens with one attached hydrogen (secondary N) is 3. The van der Waals surface area contributed by atoms with Gasteiger partial charge in [0.25, 0.3) is 0 Å². The zero-order chi connectivity index (χ0) is 13.8. The number of hydrazine groups is 3. The highest BCUT2D eigenvalue weighted by Gasteiger charge is 2.32. The van der Waals surface area contributed by atoms with E-state index in [0.29, 0.717) is 0 Å². The molecule has 116 valence electrons. The fourth-order valence-corrected chi connectivity index (χ4v) is 5.05. The van der Waals surface area contributed by atoms with E-state index in [-0.39, 0.29) is 0 Å². The minimum absolute atomic E-state index is 0.980. The van der Waals surface area contributed by atoms with Gasteiger partial charge in [0.2, 0.25) is 0 Å². The maximum atomic E-state index is 13.2. The van der Waals surface area contributed by atoms with Crippen molar-refractivity contribution in [1.82, 2.24) is 30.6 Å². The molecule has 0 atom stereocenters. The Hall–Kier alpha value is -0.0100. The van der Waals surface area contributed by atoms with E-state index in [0.717, 1.165) is 39.3 Å². The Morgan fingerprint density at radius 1 is 0.550 bits per heavy atom. The van der Waals surface area contributed by atoms with Crippen molar-refractivity contribution in [3.05, 3.63) is 0 Å². The highest BCUT2D eigenvalue weighted by molar-refractivity contribution is 7.57. The Morgan fingerprint density at radius 3 is 1.05 bits per heavy atom. The molecule has 0 aromatic rings. The molecule has 3 aliphatic heterocycles. The van der Waals surface area contributed by atoms with E-state index < -0.39 is 7.59 Å². The van der Waals surface area contributed by atoms with Crippen LogP contribution in [0.15, 0.2) is 0 Å². The molecule has 0 bridgehead atoms. The van der Waals surface area contributed by atoms with Crippen molar-refractivity contribution < 1.29 is 4.57 Å². The summed E-state index contributed by atoms with van der Waals surface area (Å²) >= 11 is 0. The van der Waals surface area contributed by atoms with Crippen molar-refractivity contribution in [2.45, 2.75) is 38.5 Å². The minimum atomic E-state index is -2.84. The highest BCUT2D eigenvalue weighted by Crippen LogP contribution is 2.34. The lowest BCUT2D eigenvalue weighted by Crippen LogP contribution is -2.50. The van der Waals surface area contributed by atoms with Gasteiger partial charge in [0.15, 0.2) is 0 Å². The van der Waals surface area contributed by atoms with E-state index >= 15 is 0 Å². The first kappa shape index (κ1) is 14.9. The van der Waals surface area contributed by atoms with Crippen molar-refractivity contribution in [3.8, 4) is 0 Å². The fraction of sp³-hybridized carbons (Fsp3) is 1.00. The maximum absolute atomic E-state index is 13.2. The molecule has 0 aliphatic carbocycles. The van der Waals surface area contributed by atoms with Gasteiger partial charge in [-0.25, -0.2) is 15.0 Å². The van der Waals surface area contributed by atoms with Crippen LogP contribution in [-0.4, -0.2) is 54.3 Å². The summed E-state index contributed by atoms with van der Waals surface area (Å²) in [5.41, 5.74) is 0. The first-order chi connectivity index (χ1) is 9.73. The van der Waals surface area contributed by atoms with Crippen LogP contribution in [0.2, 0.25) is 0 Å². The van der Waals surface area contributed by atoms with Crippen molar-refractivity contribution in [3.63, 3.8) is 0 Å². The number of nitrogens with zero attached hydrogens (tertiary/aromatic N) is 3. The van der Waals surface area contributed by atoms with Gasteiger partial charge in [-0.2, -0.15) is 15.6 Å². The Bertz CT molecular complexity index is 298. The van der Waals surface area contributed by atoms with Crippen LogP contribution in [0.3, 0.4) is 0 Å². The van der Waals surface area contributed by atoms with Gasteiger partial charge in [0.05, 0.1) is 0 Å². The van der Waals surface area contributed by atoms with Gasteiger partial charge in [-0.3, -0.25) is 4.57 Å². The molecule has 3 rings (SSSR count). The second-order valence-corrected chi connectivity index (χ2v) is 7.81. The van der Waals surface area contributed by atoms with E-state index in [1.807, 2.05) is 0 Å². The van der Waals surface area contributed by atoms with E-state index in [2.05, 4.69) is 30.6 Å². The summed E-state index contributed by atoms with van der Waals surface area (Å²) in [6, 6.07) is 0. The third-order valence-corrected chi connectivity index (χ3v) is 5.86. The molecule has 0 unspecified atom stereocenters. The van der Waals surface area contributed by atoms with Crippen molar-refractivity contribution >= 4 is 7.59 Å². The summed E-state index contributed by atoms with van der Waals surface area (Å²) in [7, 11) is -2.84. The Balaban J connectivity index is 1.61. The van der Waals surface area contributed by atoms with Crippen LogP contribution in [0.25, 0.3) is 0 Å². The fourth-order valence-electron chi connectivity index (χ4n) is 3.12. The third-order valence-electron chi connectivity index (χ3n) is 4.16. The molecule has 20 heavy (non-hydrogen) atoms. The summed E-state index contributed by atoms with van der Waals surface area (Å²) < 4.78 is 13.2. The Labute approximate surface area is 121 Å². The predicted octanol–water partition coefficient (Wildman–Crippen LogP) is 0.896. The van der Waals surface area contributed by atoms with Gasteiger partial charge in [0.1, 0.15) is 0 Å². The lowest BCUT2D eigenvalue weighted by molar-refractivity contribution is 0.229. The van der Waals surface area contributed by atoms with Crippen LogP contribution in [0.1, 0.15) is 38.5 Å². The largest absolute Gasteiger partial charge is 0.318 e. The molecule has 0 spiro atoms. The molecule has 0 amide bonds. The lowest BCUT2D eigenvalue weighted by Gasteiger charge is -2.33. The average Bonchev–Trinajstić information content (AvgIpc) is 3.11. The average molecular weight is 302 g/mol. The quantitative estimate of drug-likeness (QED) is 0.630. The number of rotatable bonds is 6. The molecule has 3 saturated heterocycles. The number of hydrogen-bond donors (Lipinski definition) is 3. The van der Waals surface area contributed by atoms with Crippen molar-refractivity contribution in [2.24, 2.45) is 0 Å². The molecule has 0 saturated carbocycles. The van der Waals surface area contributed by atoms with Crippen molar-refractivity contribution in [2.75, 3.05) is 39.3 Å². The van der Waals surface area contributed by atoms with E-state index in [1.54, 1.807) is 0 Å². The number of hydrogen-bond acceptors (Lipinski definition) is 4. The van der Waals surface area contributed by atoms with E-state index in [9.17, 15) is 4.57 Å². The summed E-state index contributed by atoms with van der Waals surface area (Å²) in [4.78, 5) is 0. The maximum Gasteiger partial charge on any atom is 0.318 e. The van der Waals surface area contributed by atoms with E-state index in [4.69, 9.17) is 0 Å². The van der Waals surface area contributed by atoms with Crippen LogP contribution < -0.4 is 15.6 Å². The monoisotopic (exact) mass is 302 g/mol. The second-order valence-electron chi connectivity index (χ2n) is 5.99. The molecule has 3 aliphatic rings. The van der Waals surface area contributed by atoms with Gasteiger partial charge < -0.3 is 0 Å². The summed E-state index contributed by atoms with van der Waals surface area (Å²) in [6.45, 7) is 5.88. The molecular weight excluding hydrogens is 275 g/mol. The summed E-state index contributed by atoms with van der Waals surface area (Å²) in [6.07, 6.45) is 7.09. The zero-order valence-electron chi connectivity index (χ0n) is 12.2. The van der Waals surface area contributed by atoms with Crippen molar-refractivity contribution in [1.29, 1.82) is 0 Å². The topological polar surface area (TPSA) is 62.9 Å².